The van der Waals surface area contributed by atoms with Crippen molar-refractivity contribution in [1.29, 1.82) is 0 Å². The van der Waals surface area contributed by atoms with Gasteiger partial charge in [0.15, 0.2) is 0 Å². The van der Waals surface area contributed by atoms with Crippen LogP contribution in [0.25, 0.3) is 0 Å². The number of aliphatic hydroxyl groups is 1. The molecule has 1 aromatic rings. The van der Waals surface area contributed by atoms with E-state index in [-0.39, 0.29) is 6.61 Å². The van der Waals surface area contributed by atoms with Crippen molar-refractivity contribution in [3.63, 3.8) is 0 Å². The fraction of sp³-hybridized carbons (Fsp3) is 0.688. The summed E-state index contributed by atoms with van der Waals surface area (Å²) < 4.78 is 0. The number of rotatable bonds is 3. The quantitative estimate of drug-likeness (QED) is 0.915. The van der Waals surface area contributed by atoms with E-state index < -0.39 is 0 Å². The van der Waals surface area contributed by atoms with Gasteiger partial charge in [-0.25, -0.2) is 4.98 Å². The lowest BCUT2D eigenvalue weighted by atomic mass is 10.1. The first-order valence-corrected chi connectivity index (χ1v) is 7.83. The molecule has 0 amide bonds. The fourth-order valence-electron chi connectivity index (χ4n) is 3.56. The highest BCUT2D eigenvalue weighted by atomic mass is 16.3. The number of aryl methyl sites for hydroxylation is 1. The number of hydrogen-bond acceptors (Lipinski definition) is 4. The van der Waals surface area contributed by atoms with E-state index >= 15 is 0 Å². The van der Waals surface area contributed by atoms with E-state index in [9.17, 15) is 5.11 Å². The second kappa shape index (κ2) is 6.10. The summed E-state index contributed by atoms with van der Waals surface area (Å²) in [6, 6.07) is 2.75. The Morgan fingerprint density at radius 1 is 1.25 bits per heavy atom. The Bertz CT molecular complexity index is 457. The van der Waals surface area contributed by atoms with Crippen LogP contribution in [0.15, 0.2) is 12.3 Å². The highest BCUT2D eigenvalue weighted by Crippen LogP contribution is 2.26. The molecule has 0 saturated carbocycles. The van der Waals surface area contributed by atoms with Crippen LogP contribution in [-0.4, -0.2) is 47.2 Å². The van der Waals surface area contributed by atoms with Crippen LogP contribution in [0.1, 0.15) is 36.8 Å². The number of aliphatic hydroxyl groups excluding tert-OH is 1. The largest absolute Gasteiger partial charge is 0.392 e. The van der Waals surface area contributed by atoms with Crippen molar-refractivity contribution in [3.05, 3.63) is 23.4 Å². The van der Waals surface area contributed by atoms with Gasteiger partial charge in [-0.3, -0.25) is 4.90 Å². The average molecular weight is 275 g/mol. The van der Waals surface area contributed by atoms with Gasteiger partial charge >= 0.3 is 0 Å². The zero-order valence-electron chi connectivity index (χ0n) is 12.4. The van der Waals surface area contributed by atoms with Crippen molar-refractivity contribution < 1.29 is 5.11 Å². The van der Waals surface area contributed by atoms with Gasteiger partial charge in [0.05, 0.1) is 6.61 Å². The molecule has 0 bridgehead atoms. The maximum absolute atomic E-state index is 9.17. The van der Waals surface area contributed by atoms with Crippen LogP contribution < -0.4 is 4.90 Å². The van der Waals surface area contributed by atoms with Crippen molar-refractivity contribution in [2.24, 2.45) is 0 Å². The first-order valence-electron chi connectivity index (χ1n) is 7.83. The van der Waals surface area contributed by atoms with Gasteiger partial charge in [-0.05, 0) is 56.5 Å². The van der Waals surface area contributed by atoms with Crippen LogP contribution >= 0.6 is 0 Å². The van der Waals surface area contributed by atoms with E-state index in [0.29, 0.717) is 6.04 Å². The van der Waals surface area contributed by atoms with Crippen molar-refractivity contribution in [1.82, 2.24) is 9.88 Å². The van der Waals surface area contributed by atoms with Gasteiger partial charge < -0.3 is 10.0 Å². The van der Waals surface area contributed by atoms with Gasteiger partial charge in [-0.1, -0.05) is 6.42 Å². The van der Waals surface area contributed by atoms with Crippen LogP contribution in [0.5, 0.6) is 0 Å². The number of nitrogens with zero attached hydrogens (tertiary/aromatic N) is 3. The number of piperidine rings is 1. The van der Waals surface area contributed by atoms with Crippen LogP contribution in [0.4, 0.5) is 5.82 Å². The maximum atomic E-state index is 9.17. The number of pyridine rings is 1. The van der Waals surface area contributed by atoms with E-state index in [1.165, 1.54) is 44.3 Å². The molecule has 2 aliphatic heterocycles. The van der Waals surface area contributed by atoms with Crippen molar-refractivity contribution in [2.45, 2.75) is 45.3 Å². The Labute approximate surface area is 121 Å². The third kappa shape index (κ3) is 2.81. The monoisotopic (exact) mass is 275 g/mol. The molecule has 1 unspecified atom stereocenters. The molecule has 3 rings (SSSR count). The van der Waals surface area contributed by atoms with E-state index in [0.717, 1.165) is 24.5 Å². The summed E-state index contributed by atoms with van der Waals surface area (Å²) in [4.78, 5) is 9.64. The Hall–Kier alpha value is -1.13. The summed E-state index contributed by atoms with van der Waals surface area (Å²) in [5.74, 6) is 1.10. The molecule has 4 nitrogen and oxygen atoms in total. The minimum Gasteiger partial charge on any atom is -0.392 e. The molecule has 2 fully saturated rings. The van der Waals surface area contributed by atoms with E-state index in [1.54, 1.807) is 6.20 Å². The molecule has 4 heteroatoms. The molecule has 20 heavy (non-hydrogen) atoms. The number of hydrogen-bond donors (Lipinski definition) is 1. The van der Waals surface area contributed by atoms with Gasteiger partial charge in [0.1, 0.15) is 5.82 Å². The number of likely N-dealkylation sites (tertiary alicyclic amines) is 1. The topological polar surface area (TPSA) is 39.6 Å². The zero-order valence-corrected chi connectivity index (χ0v) is 12.4. The molecule has 0 spiro atoms. The molecular weight excluding hydrogens is 250 g/mol. The van der Waals surface area contributed by atoms with Crippen LogP contribution in [0.2, 0.25) is 0 Å². The van der Waals surface area contributed by atoms with Crippen molar-refractivity contribution >= 4 is 5.82 Å². The number of aromatic nitrogens is 1. The number of anilines is 1. The summed E-state index contributed by atoms with van der Waals surface area (Å²) in [6.45, 7) is 6.92. The Morgan fingerprint density at radius 3 is 2.75 bits per heavy atom. The lowest BCUT2D eigenvalue weighted by Crippen LogP contribution is -2.41. The van der Waals surface area contributed by atoms with E-state index in [2.05, 4.69) is 27.8 Å². The summed E-state index contributed by atoms with van der Waals surface area (Å²) in [6.07, 6.45) is 7.17. The highest BCUT2D eigenvalue weighted by molar-refractivity contribution is 5.48. The minimum atomic E-state index is 0.0739. The predicted molar refractivity (Wildman–Crippen MR) is 80.9 cm³/mol. The Kier molecular flexibility index (Phi) is 4.22. The van der Waals surface area contributed by atoms with Crippen LogP contribution in [-0.2, 0) is 6.61 Å². The Balaban J connectivity index is 1.67. The van der Waals surface area contributed by atoms with Crippen molar-refractivity contribution in [2.75, 3.05) is 31.1 Å². The van der Waals surface area contributed by atoms with E-state index in [1.807, 2.05) is 0 Å². The average Bonchev–Trinajstić information content (AvgIpc) is 2.97. The second-order valence-corrected chi connectivity index (χ2v) is 6.13. The fourth-order valence-corrected chi connectivity index (χ4v) is 3.56. The molecule has 2 aliphatic rings. The zero-order chi connectivity index (χ0) is 13.9. The standard InChI is InChI=1S/C16H25N3O/c1-13-9-14(12-20)10-17-16(13)19-8-5-15(11-19)18-6-3-2-4-7-18/h9-10,15,20H,2-8,11-12H2,1H3. The predicted octanol–water partition coefficient (Wildman–Crippen LogP) is 1.95. The first kappa shape index (κ1) is 13.8. The van der Waals surface area contributed by atoms with E-state index in [4.69, 9.17) is 0 Å². The molecular formula is C16H25N3O. The lowest BCUT2D eigenvalue weighted by molar-refractivity contribution is 0.175. The summed E-state index contributed by atoms with van der Waals surface area (Å²) >= 11 is 0. The van der Waals surface area contributed by atoms with Crippen LogP contribution in [0, 0.1) is 6.92 Å². The minimum absolute atomic E-state index is 0.0739. The smallest absolute Gasteiger partial charge is 0.131 e. The Morgan fingerprint density at radius 2 is 2.05 bits per heavy atom. The molecule has 1 aromatic heterocycles. The van der Waals surface area contributed by atoms with Crippen molar-refractivity contribution in [3.8, 4) is 0 Å². The van der Waals surface area contributed by atoms with Gasteiger partial charge in [0.25, 0.3) is 0 Å². The molecule has 1 N–H and O–H groups in total. The highest BCUT2D eigenvalue weighted by Gasteiger charge is 2.29. The molecule has 0 radical (unpaired) electrons. The van der Waals surface area contributed by atoms with Gasteiger partial charge in [0, 0.05) is 25.3 Å². The lowest BCUT2D eigenvalue weighted by Gasteiger charge is -2.32. The molecule has 2 saturated heterocycles. The first-order chi connectivity index (χ1) is 9.78. The van der Waals surface area contributed by atoms with Gasteiger partial charge in [0.2, 0.25) is 0 Å². The molecule has 3 heterocycles. The summed E-state index contributed by atoms with van der Waals surface area (Å²) in [7, 11) is 0. The van der Waals surface area contributed by atoms with Crippen LogP contribution in [0.3, 0.4) is 0 Å². The van der Waals surface area contributed by atoms with Gasteiger partial charge in [-0.15, -0.1) is 0 Å². The third-order valence-electron chi connectivity index (χ3n) is 4.66. The molecule has 0 aromatic carbocycles. The maximum Gasteiger partial charge on any atom is 0.131 e. The molecule has 0 aliphatic carbocycles. The molecule has 1 atom stereocenters. The summed E-state index contributed by atoms with van der Waals surface area (Å²) in [5, 5.41) is 9.17. The molecule has 110 valence electrons. The summed E-state index contributed by atoms with van der Waals surface area (Å²) in [5.41, 5.74) is 2.08. The van der Waals surface area contributed by atoms with Gasteiger partial charge in [-0.2, -0.15) is 0 Å². The third-order valence-corrected chi connectivity index (χ3v) is 4.66. The SMILES string of the molecule is Cc1cc(CO)cnc1N1CCC(N2CCCCC2)C1. The second-order valence-electron chi connectivity index (χ2n) is 6.13. The normalized spacial score (nSPS) is 24.3.